The van der Waals surface area contributed by atoms with Crippen LogP contribution in [0.2, 0.25) is 0 Å². The highest BCUT2D eigenvalue weighted by molar-refractivity contribution is 5.67. The third kappa shape index (κ3) is 2.71. The molecule has 0 unspecified atom stereocenters. The van der Waals surface area contributed by atoms with Gasteiger partial charge in [0.25, 0.3) is 0 Å². The standard InChI is InChI=1S/C16H14N4/c1-20(14-4-2-3-12(9-14)11-18)15-5-6-16(19)13(10-15)7-8-17/h2-6,9-10H,7,19H2,1H3. The summed E-state index contributed by atoms with van der Waals surface area (Å²) >= 11 is 0. The molecule has 0 bridgehead atoms. The molecule has 0 aliphatic heterocycles. The first-order valence-electron chi connectivity index (χ1n) is 6.15. The van der Waals surface area contributed by atoms with E-state index in [1.807, 2.05) is 42.3 Å². The summed E-state index contributed by atoms with van der Waals surface area (Å²) in [6, 6.07) is 17.2. The van der Waals surface area contributed by atoms with E-state index in [1.165, 1.54) is 0 Å². The Kier molecular flexibility index (Phi) is 3.88. The summed E-state index contributed by atoms with van der Waals surface area (Å²) in [6.45, 7) is 0. The molecule has 2 aromatic carbocycles. The van der Waals surface area contributed by atoms with Crippen molar-refractivity contribution in [1.29, 1.82) is 10.5 Å². The summed E-state index contributed by atoms with van der Waals surface area (Å²) in [5, 5.41) is 17.7. The van der Waals surface area contributed by atoms with E-state index in [0.29, 0.717) is 11.3 Å². The molecule has 0 saturated carbocycles. The average Bonchev–Trinajstić information content (AvgIpc) is 2.49. The van der Waals surface area contributed by atoms with Gasteiger partial charge in [-0.1, -0.05) is 6.07 Å². The fourth-order valence-corrected chi connectivity index (χ4v) is 1.97. The number of benzene rings is 2. The smallest absolute Gasteiger partial charge is 0.0992 e. The highest BCUT2D eigenvalue weighted by Crippen LogP contribution is 2.27. The molecule has 0 fully saturated rings. The number of nitriles is 2. The largest absolute Gasteiger partial charge is 0.398 e. The second-order valence-electron chi connectivity index (χ2n) is 4.44. The molecule has 98 valence electrons. The molecule has 2 aromatic rings. The molecule has 4 nitrogen and oxygen atoms in total. The Morgan fingerprint density at radius 3 is 2.55 bits per heavy atom. The fraction of sp³-hybridized carbons (Fsp3) is 0.125. The molecule has 0 radical (unpaired) electrons. The third-order valence-electron chi connectivity index (χ3n) is 3.15. The molecule has 0 aliphatic rings. The van der Waals surface area contributed by atoms with Gasteiger partial charge in [0, 0.05) is 24.1 Å². The second kappa shape index (κ2) is 5.77. The van der Waals surface area contributed by atoms with Gasteiger partial charge in [0.05, 0.1) is 24.1 Å². The summed E-state index contributed by atoms with van der Waals surface area (Å²) in [5.41, 5.74) is 9.74. The van der Waals surface area contributed by atoms with Crippen molar-refractivity contribution >= 4 is 17.1 Å². The van der Waals surface area contributed by atoms with Crippen LogP contribution in [0.1, 0.15) is 11.1 Å². The maximum absolute atomic E-state index is 8.94. The Hall–Kier alpha value is -2.98. The van der Waals surface area contributed by atoms with Crippen molar-refractivity contribution in [2.45, 2.75) is 6.42 Å². The Labute approximate surface area is 118 Å². The van der Waals surface area contributed by atoms with Crippen LogP contribution in [0.25, 0.3) is 0 Å². The van der Waals surface area contributed by atoms with Crippen LogP contribution in [0.3, 0.4) is 0 Å². The van der Waals surface area contributed by atoms with Gasteiger partial charge in [-0.2, -0.15) is 10.5 Å². The number of rotatable bonds is 3. The van der Waals surface area contributed by atoms with E-state index >= 15 is 0 Å². The Balaban J connectivity index is 2.38. The summed E-state index contributed by atoms with van der Waals surface area (Å²) < 4.78 is 0. The van der Waals surface area contributed by atoms with Crippen molar-refractivity contribution in [3.63, 3.8) is 0 Å². The van der Waals surface area contributed by atoms with Gasteiger partial charge < -0.3 is 10.6 Å². The van der Waals surface area contributed by atoms with Gasteiger partial charge in [-0.15, -0.1) is 0 Å². The van der Waals surface area contributed by atoms with E-state index < -0.39 is 0 Å². The first-order chi connectivity index (χ1) is 9.65. The lowest BCUT2D eigenvalue weighted by Crippen LogP contribution is -2.10. The van der Waals surface area contributed by atoms with E-state index in [0.717, 1.165) is 16.9 Å². The lowest BCUT2D eigenvalue weighted by atomic mass is 10.1. The zero-order valence-electron chi connectivity index (χ0n) is 11.2. The fourth-order valence-electron chi connectivity index (χ4n) is 1.97. The number of hydrogen-bond donors (Lipinski definition) is 1. The summed E-state index contributed by atoms with van der Waals surface area (Å²) in [6.07, 6.45) is 0.283. The van der Waals surface area contributed by atoms with Crippen molar-refractivity contribution in [3.8, 4) is 12.1 Å². The average molecular weight is 262 g/mol. The number of anilines is 3. The molecule has 0 amide bonds. The van der Waals surface area contributed by atoms with E-state index in [4.69, 9.17) is 16.3 Å². The number of nitrogen functional groups attached to an aromatic ring is 1. The van der Waals surface area contributed by atoms with Gasteiger partial charge in [0.1, 0.15) is 0 Å². The molecule has 0 atom stereocenters. The normalized spacial score (nSPS) is 9.55. The number of hydrogen-bond acceptors (Lipinski definition) is 4. The summed E-state index contributed by atoms with van der Waals surface area (Å²) in [7, 11) is 1.91. The molecule has 2 N–H and O–H groups in total. The predicted molar refractivity (Wildman–Crippen MR) is 79.4 cm³/mol. The first kappa shape index (κ1) is 13.5. The minimum atomic E-state index is 0.283. The number of nitrogens with zero attached hydrogens (tertiary/aromatic N) is 3. The van der Waals surface area contributed by atoms with Crippen LogP contribution in [0.5, 0.6) is 0 Å². The maximum Gasteiger partial charge on any atom is 0.0992 e. The van der Waals surface area contributed by atoms with Gasteiger partial charge in [-0.3, -0.25) is 0 Å². The lowest BCUT2D eigenvalue weighted by Gasteiger charge is -2.20. The minimum Gasteiger partial charge on any atom is -0.398 e. The molecular weight excluding hydrogens is 248 g/mol. The number of nitrogens with two attached hydrogens (primary N) is 1. The summed E-state index contributed by atoms with van der Waals surface area (Å²) in [4.78, 5) is 1.96. The van der Waals surface area contributed by atoms with Gasteiger partial charge in [0.15, 0.2) is 0 Å². The monoisotopic (exact) mass is 262 g/mol. The highest BCUT2D eigenvalue weighted by atomic mass is 15.1. The quantitative estimate of drug-likeness (QED) is 0.863. The predicted octanol–water partition coefficient (Wildman–Crippen LogP) is 2.97. The van der Waals surface area contributed by atoms with Crippen molar-refractivity contribution < 1.29 is 0 Å². The zero-order valence-corrected chi connectivity index (χ0v) is 11.2. The van der Waals surface area contributed by atoms with Gasteiger partial charge in [0.2, 0.25) is 0 Å². The molecule has 4 heteroatoms. The Morgan fingerprint density at radius 1 is 1.10 bits per heavy atom. The van der Waals surface area contributed by atoms with Crippen molar-refractivity contribution in [2.75, 3.05) is 17.7 Å². The van der Waals surface area contributed by atoms with Crippen LogP contribution >= 0.6 is 0 Å². The third-order valence-corrected chi connectivity index (χ3v) is 3.15. The van der Waals surface area contributed by atoms with Crippen LogP contribution in [0, 0.1) is 22.7 Å². The van der Waals surface area contributed by atoms with Crippen molar-refractivity contribution in [1.82, 2.24) is 0 Å². The topological polar surface area (TPSA) is 76.8 Å². The second-order valence-corrected chi connectivity index (χ2v) is 4.44. The molecule has 0 heterocycles. The Bertz CT molecular complexity index is 707. The SMILES string of the molecule is CN(c1cccc(C#N)c1)c1ccc(N)c(CC#N)c1. The molecule has 0 saturated heterocycles. The summed E-state index contributed by atoms with van der Waals surface area (Å²) in [5.74, 6) is 0. The van der Waals surface area contributed by atoms with Crippen molar-refractivity contribution in [3.05, 3.63) is 53.6 Å². The molecule has 20 heavy (non-hydrogen) atoms. The van der Waals surface area contributed by atoms with E-state index in [2.05, 4.69) is 12.1 Å². The maximum atomic E-state index is 8.94. The molecule has 0 spiro atoms. The molecule has 0 aliphatic carbocycles. The van der Waals surface area contributed by atoms with Crippen LogP contribution in [-0.2, 0) is 6.42 Å². The highest BCUT2D eigenvalue weighted by Gasteiger charge is 2.07. The van der Waals surface area contributed by atoms with Crippen LogP contribution in [0.4, 0.5) is 17.1 Å². The minimum absolute atomic E-state index is 0.283. The molecule has 2 rings (SSSR count). The van der Waals surface area contributed by atoms with E-state index in [1.54, 1.807) is 12.1 Å². The van der Waals surface area contributed by atoms with Crippen LogP contribution < -0.4 is 10.6 Å². The molecule has 0 aromatic heterocycles. The lowest BCUT2D eigenvalue weighted by molar-refractivity contribution is 1.18. The van der Waals surface area contributed by atoms with Gasteiger partial charge >= 0.3 is 0 Å². The molecular formula is C16H14N4. The van der Waals surface area contributed by atoms with Crippen molar-refractivity contribution in [2.24, 2.45) is 0 Å². The van der Waals surface area contributed by atoms with Gasteiger partial charge in [-0.05, 0) is 42.0 Å². The van der Waals surface area contributed by atoms with Crippen LogP contribution in [0.15, 0.2) is 42.5 Å². The van der Waals surface area contributed by atoms with E-state index in [9.17, 15) is 0 Å². The van der Waals surface area contributed by atoms with E-state index in [-0.39, 0.29) is 6.42 Å². The van der Waals surface area contributed by atoms with Gasteiger partial charge in [-0.25, -0.2) is 0 Å². The zero-order chi connectivity index (χ0) is 14.5. The Morgan fingerprint density at radius 2 is 1.85 bits per heavy atom. The first-order valence-corrected chi connectivity index (χ1v) is 6.15. The van der Waals surface area contributed by atoms with Crippen LogP contribution in [-0.4, -0.2) is 7.05 Å².